The molecule has 0 unspecified atom stereocenters. The van der Waals surface area contributed by atoms with Crippen molar-refractivity contribution < 1.29 is 31.9 Å². The van der Waals surface area contributed by atoms with Gasteiger partial charge in [-0.25, -0.2) is 12.8 Å². The zero-order valence-electron chi connectivity index (χ0n) is 23.0. The van der Waals surface area contributed by atoms with Crippen molar-refractivity contribution in [3.8, 4) is 11.5 Å². The largest absolute Gasteiger partial charge is 0.497 e. The number of methoxy groups -OCH3 is 1. The number of amides is 2. The number of anilines is 1. The number of likely N-dealkylation sites (N-methyl/N-ethyl adjacent to an activating group) is 1. The van der Waals surface area contributed by atoms with Gasteiger partial charge < -0.3 is 19.7 Å². The summed E-state index contributed by atoms with van der Waals surface area (Å²) in [6.45, 7) is 3.45. The highest BCUT2D eigenvalue weighted by molar-refractivity contribution is 7.92. The fourth-order valence-corrected chi connectivity index (χ4v) is 5.61. The fourth-order valence-electron chi connectivity index (χ4n) is 4.19. The maximum Gasteiger partial charge on any atom is 0.264 e. The molecule has 214 valence electrons. The van der Waals surface area contributed by atoms with Gasteiger partial charge in [-0.1, -0.05) is 19.1 Å². The normalized spacial score (nSPS) is 11.8. The quantitative estimate of drug-likeness (QED) is 0.333. The lowest BCUT2D eigenvalue weighted by Crippen LogP contribution is -2.51. The van der Waals surface area contributed by atoms with Gasteiger partial charge in [0.15, 0.2) is 0 Å². The van der Waals surface area contributed by atoms with Gasteiger partial charge in [-0.15, -0.1) is 0 Å². The lowest BCUT2D eigenvalue weighted by atomic mass is 10.1. The molecule has 3 rings (SSSR count). The summed E-state index contributed by atoms with van der Waals surface area (Å²) in [6, 6.07) is 16.8. The summed E-state index contributed by atoms with van der Waals surface area (Å²) >= 11 is 0. The molecule has 0 saturated carbocycles. The minimum Gasteiger partial charge on any atom is -0.497 e. The highest BCUT2D eigenvalue weighted by Gasteiger charge is 2.33. The maximum absolute atomic E-state index is 13.9. The van der Waals surface area contributed by atoms with Crippen molar-refractivity contribution in [1.29, 1.82) is 0 Å². The van der Waals surface area contributed by atoms with Crippen LogP contribution < -0.4 is 19.1 Å². The number of carbonyl (C=O) groups is 2. The van der Waals surface area contributed by atoms with Crippen LogP contribution in [0.3, 0.4) is 0 Å². The van der Waals surface area contributed by atoms with Gasteiger partial charge in [-0.05, 0) is 79.6 Å². The molecule has 3 aromatic rings. The van der Waals surface area contributed by atoms with Crippen molar-refractivity contribution in [3.05, 3.63) is 84.2 Å². The molecule has 0 heterocycles. The predicted molar refractivity (Wildman–Crippen MR) is 150 cm³/mol. The first-order valence-electron chi connectivity index (χ1n) is 12.8. The van der Waals surface area contributed by atoms with Crippen LogP contribution in [0, 0.1) is 5.82 Å². The van der Waals surface area contributed by atoms with Gasteiger partial charge in [-0.3, -0.25) is 13.9 Å². The molecule has 0 aliphatic heterocycles. The van der Waals surface area contributed by atoms with E-state index in [1.807, 2.05) is 6.92 Å². The smallest absolute Gasteiger partial charge is 0.264 e. The van der Waals surface area contributed by atoms with E-state index in [-0.39, 0.29) is 23.0 Å². The molecule has 0 spiro atoms. The van der Waals surface area contributed by atoms with Crippen LogP contribution in [0.1, 0.15) is 25.8 Å². The van der Waals surface area contributed by atoms with Gasteiger partial charge in [0, 0.05) is 13.6 Å². The molecule has 0 fully saturated rings. The maximum atomic E-state index is 13.9. The van der Waals surface area contributed by atoms with Gasteiger partial charge in [0.25, 0.3) is 10.0 Å². The molecular formula is C29H34FN3O6S. The molecule has 3 aromatic carbocycles. The van der Waals surface area contributed by atoms with E-state index in [2.05, 4.69) is 5.32 Å². The van der Waals surface area contributed by atoms with Crippen LogP contribution in [0.25, 0.3) is 0 Å². The number of ether oxygens (including phenoxy) is 2. The Bertz CT molecular complexity index is 1400. The van der Waals surface area contributed by atoms with Crippen LogP contribution in [0.2, 0.25) is 0 Å². The second-order valence-corrected chi connectivity index (χ2v) is 10.7. The zero-order chi connectivity index (χ0) is 29.3. The van der Waals surface area contributed by atoms with E-state index in [4.69, 9.17) is 9.47 Å². The Hall–Kier alpha value is -4.12. The van der Waals surface area contributed by atoms with Crippen LogP contribution in [0.4, 0.5) is 10.1 Å². The lowest BCUT2D eigenvalue weighted by Gasteiger charge is -2.33. The molecule has 0 aliphatic carbocycles. The summed E-state index contributed by atoms with van der Waals surface area (Å²) in [6.07, 6.45) is 0.295. The molecule has 9 nitrogen and oxygen atoms in total. The molecule has 0 aliphatic rings. The van der Waals surface area contributed by atoms with Crippen molar-refractivity contribution >= 4 is 27.5 Å². The third-order valence-corrected chi connectivity index (χ3v) is 8.02. The third kappa shape index (κ3) is 7.29. The van der Waals surface area contributed by atoms with Crippen LogP contribution in [-0.2, 0) is 26.2 Å². The van der Waals surface area contributed by atoms with Gasteiger partial charge in [0.05, 0.1) is 24.3 Å². The number of nitrogens with zero attached hydrogens (tertiary/aromatic N) is 2. The van der Waals surface area contributed by atoms with Crippen molar-refractivity contribution in [2.75, 3.05) is 31.6 Å². The summed E-state index contributed by atoms with van der Waals surface area (Å²) in [5.41, 5.74) is 0.902. The van der Waals surface area contributed by atoms with Gasteiger partial charge >= 0.3 is 0 Å². The first-order valence-corrected chi connectivity index (χ1v) is 14.2. The van der Waals surface area contributed by atoms with E-state index in [0.29, 0.717) is 30.1 Å². The molecule has 0 radical (unpaired) electrons. The average molecular weight is 572 g/mol. The van der Waals surface area contributed by atoms with E-state index in [1.165, 1.54) is 31.2 Å². The first-order chi connectivity index (χ1) is 19.1. The number of hydrogen-bond acceptors (Lipinski definition) is 6. The highest BCUT2D eigenvalue weighted by atomic mass is 32.2. The number of nitrogens with one attached hydrogen (secondary N) is 1. The van der Waals surface area contributed by atoms with Gasteiger partial charge in [-0.2, -0.15) is 0 Å². The van der Waals surface area contributed by atoms with E-state index >= 15 is 0 Å². The Labute approximate surface area is 234 Å². The molecule has 2 amide bonds. The number of rotatable bonds is 13. The summed E-state index contributed by atoms with van der Waals surface area (Å²) in [4.78, 5) is 27.9. The fraction of sp³-hybridized carbons (Fsp3) is 0.310. The summed E-state index contributed by atoms with van der Waals surface area (Å²) in [5, 5.41) is 2.59. The molecule has 11 heteroatoms. The predicted octanol–water partition coefficient (Wildman–Crippen LogP) is 3.98. The van der Waals surface area contributed by atoms with Crippen molar-refractivity contribution in [1.82, 2.24) is 10.2 Å². The third-order valence-electron chi connectivity index (χ3n) is 6.24. The van der Waals surface area contributed by atoms with E-state index in [9.17, 15) is 22.4 Å². The Morgan fingerprint density at radius 2 is 1.65 bits per heavy atom. The Balaban J connectivity index is 2.06. The summed E-state index contributed by atoms with van der Waals surface area (Å²) < 4.78 is 52.9. The number of carbonyl (C=O) groups excluding carboxylic acids is 2. The summed E-state index contributed by atoms with van der Waals surface area (Å²) in [7, 11) is -1.31. The standard InChI is InChI=1S/C29H34FN3O6S/c1-5-27(29(35)31-3)32(19-21-8-7-9-25(18-21)38-4)28(34)20-33(23-12-14-24(15-13-23)39-6-2)40(36,37)26-16-10-22(30)11-17-26/h7-18,27H,5-6,19-20H2,1-4H3,(H,31,35)/t27-/m1/s1. The number of benzene rings is 3. The van der Waals surface area contributed by atoms with E-state index in [0.717, 1.165) is 28.6 Å². The molecule has 0 aromatic heterocycles. The zero-order valence-corrected chi connectivity index (χ0v) is 23.8. The SMILES string of the molecule is CCOc1ccc(N(CC(=O)N(Cc2cccc(OC)c2)[C@H](CC)C(=O)NC)S(=O)(=O)c2ccc(F)cc2)cc1. The minimum absolute atomic E-state index is 0.0374. The monoisotopic (exact) mass is 571 g/mol. The molecule has 0 saturated heterocycles. The van der Waals surface area contributed by atoms with E-state index in [1.54, 1.807) is 43.3 Å². The van der Waals surface area contributed by atoms with Crippen molar-refractivity contribution in [3.63, 3.8) is 0 Å². The minimum atomic E-state index is -4.31. The Kier molecular flexibility index (Phi) is 10.5. The van der Waals surface area contributed by atoms with Gasteiger partial charge in [0.1, 0.15) is 29.9 Å². The van der Waals surface area contributed by atoms with Crippen LogP contribution in [0.5, 0.6) is 11.5 Å². The van der Waals surface area contributed by atoms with Crippen molar-refractivity contribution in [2.45, 2.75) is 37.8 Å². The van der Waals surface area contributed by atoms with E-state index < -0.39 is 34.3 Å². The summed E-state index contributed by atoms with van der Waals surface area (Å²) in [5.74, 6) is -0.469. The Morgan fingerprint density at radius 3 is 2.23 bits per heavy atom. The molecule has 0 bridgehead atoms. The van der Waals surface area contributed by atoms with Crippen LogP contribution >= 0.6 is 0 Å². The number of sulfonamides is 1. The van der Waals surface area contributed by atoms with Crippen LogP contribution in [0.15, 0.2) is 77.7 Å². The lowest BCUT2D eigenvalue weighted by molar-refractivity contribution is -0.140. The molecular weight excluding hydrogens is 537 g/mol. The second kappa shape index (κ2) is 13.8. The number of hydrogen-bond donors (Lipinski definition) is 1. The Morgan fingerprint density at radius 1 is 0.975 bits per heavy atom. The topological polar surface area (TPSA) is 105 Å². The van der Waals surface area contributed by atoms with Crippen LogP contribution in [-0.4, -0.2) is 58.5 Å². The van der Waals surface area contributed by atoms with Gasteiger partial charge in [0.2, 0.25) is 11.8 Å². The molecule has 1 atom stereocenters. The number of halogens is 1. The second-order valence-electron chi connectivity index (χ2n) is 8.80. The molecule has 40 heavy (non-hydrogen) atoms. The average Bonchev–Trinajstić information content (AvgIpc) is 2.96. The first kappa shape index (κ1) is 30.4. The van der Waals surface area contributed by atoms with Crippen molar-refractivity contribution in [2.24, 2.45) is 0 Å². The highest BCUT2D eigenvalue weighted by Crippen LogP contribution is 2.27. The molecule has 1 N–H and O–H groups in total.